The van der Waals surface area contributed by atoms with Crippen LogP contribution in [0.25, 0.3) is 0 Å². The molecule has 1 amide bonds. The monoisotopic (exact) mass is 304 g/mol. The van der Waals surface area contributed by atoms with Gasteiger partial charge in [0, 0.05) is 11.6 Å². The molecule has 0 radical (unpaired) electrons. The first-order chi connectivity index (χ1) is 10.7. The molecule has 1 saturated heterocycles. The zero-order valence-corrected chi connectivity index (χ0v) is 13.0. The van der Waals surface area contributed by atoms with Gasteiger partial charge in [-0.2, -0.15) is 0 Å². The van der Waals surface area contributed by atoms with Crippen molar-refractivity contribution in [2.24, 2.45) is 0 Å². The summed E-state index contributed by atoms with van der Waals surface area (Å²) in [7, 11) is 0. The van der Waals surface area contributed by atoms with Gasteiger partial charge in [0.25, 0.3) is 5.91 Å². The summed E-state index contributed by atoms with van der Waals surface area (Å²) in [5.41, 5.74) is 1.44. The number of amides is 1. The first-order valence-electron chi connectivity index (χ1n) is 8.54. The van der Waals surface area contributed by atoms with E-state index in [1.807, 2.05) is 6.07 Å². The SMILES string of the molecule is O=C(NC1CCCCC1)c1cc(F)cc(C2CCNCC2)c1. The lowest BCUT2D eigenvalue weighted by Gasteiger charge is -2.24. The maximum absolute atomic E-state index is 13.9. The summed E-state index contributed by atoms with van der Waals surface area (Å²) in [6, 6.07) is 5.10. The largest absolute Gasteiger partial charge is 0.349 e. The number of nitrogens with one attached hydrogen (secondary N) is 2. The van der Waals surface area contributed by atoms with Crippen molar-refractivity contribution in [1.82, 2.24) is 10.6 Å². The fourth-order valence-electron chi connectivity index (χ4n) is 3.65. The molecule has 1 aromatic rings. The highest BCUT2D eigenvalue weighted by atomic mass is 19.1. The Hall–Kier alpha value is -1.42. The van der Waals surface area contributed by atoms with Crippen LogP contribution in [0.5, 0.6) is 0 Å². The molecule has 2 fully saturated rings. The smallest absolute Gasteiger partial charge is 0.251 e. The van der Waals surface area contributed by atoms with Gasteiger partial charge in [0.1, 0.15) is 5.82 Å². The Labute approximate surface area is 131 Å². The molecular weight excluding hydrogens is 279 g/mol. The van der Waals surface area contributed by atoms with Gasteiger partial charge in [0.05, 0.1) is 0 Å². The van der Waals surface area contributed by atoms with E-state index < -0.39 is 0 Å². The molecule has 4 heteroatoms. The molecule has 0 aromatic heterocycles. The van der Waals surface area contributed by atoms with Crippen LogP contribution in [0.4, 0.5) is 4.39 Å². The molecule has 1 aliphatic carbocycles. The fraction of sp³-hybridized carbons (Fsp3) is 0.611. The van der Waals surface area contributed by atoms with Crippen LogP contribution in [0, 0.1) is 5.82 Å². The van der Waals surface area contributed by atoms with E-state index in [1.165, 1.54) is 25.3 Å². The minimum absolute atomic E-state index is 0.124. The van der Waals surface area contributed by atoms with Crippen molar-refractivity contribution in [3.63, 3.8) is 0 Å². The Morgan fingerprint density at radius 2 is 1.77 bits per heavy atom. The van der Waals surface area contributed by atoms with Crippen molar-refractivity contribution in [1.29, 1.82) is 0 Å². The second kappa shape index (κ2) is 7.23. The number of hydrogen-bond donors (Lipinski definition) is 2. The lowest BCUT2D eigenvalue weighted by molar-refractivity contribution is 0.0927. The first kappa shape index (κ1) is 15.5. The molecule has 0 bridgehead atoms. The van der Waals surface area contributed by atoms with Gasteiger partial charge in [-0.1, -0.05) is 19.3 Å². The van der Waals surface area contributed by atoms with Gasteiger partial charge in [-0.05, 0) is 68.5 Å². The number of rotatable bonds is 3. The molecule has 0 spiro atoms. The molecule has 120 valence electrons. The van der Waals surface area contributed by atoms with Crippen molar-refractivity contribution < 1.29 is 9.18 Å². The predicted molar refractivity (Wildman–Crippen MR) is 85.6 cm³/mol. The fourth-order valence-corrected chi connectivity index (χ4v) is 3.65. The molecule has 22 heavy (non-hydrogen) atoms. The van der Waals surface area contributed by atoms with Crippen LogP contribution in [0.15, 0.2) is 18.2 Å². The molecule has 2 N–H and O–H groups in total. The Balaban J connectivity index is 1.71. The average molecular weight is 304 g/mol. The van der Waals surface area contributed by atoms with Crippen LogP contribution < -0.4 is 10.6 Å². The van der Waals surface area contributed by atoms with E-state index in [9.17, 15) is 9.18 Å². The van der Waals surface area contributed by atoms with Gasteiger partial charge in [-0.25, -0.2) is 4.39 Å². The van der Waals surface area contributed by atoms with Crippen molar-refractivity contribution >= 4 is 5.91 Å². The molecule has 2 aliphatic rings. The van der Waals surface area contributed by atoms with Crippen molar-refractivity contribution in [2.75, 3.05) is 13.1 Å². The molecule has 1 heterocycles. The predicted octanol–water partition coefficient (Wildman–Crippen LogP) is 3.36. The summed E-state index contributed by atoms with van der Waals surface area (Å²) < 4.78 is 13.9. The summed E-state index contributed by atoms with van der Waals surface area (Å²) in [6.07, 6.45) is 7.71. The van der Waals surface area contributed by atoms with Gasteiger partial charge >= 0.3 is 0 Å². The molecule has 1 aliphatic heterocycles. The van der Waals surface area contributed by atoms with Crippen molar-refractivity contribution in [2.45, 2.75) is 56.9 Å². The highest BCUT2D eigenvalue weighted by molar-refractivity contribution is 5.94. The number of carbonyl (C=O) groups excluding carboxylic acids is 1. The van der Waals surface area contributed by atoms with Gasteiger partial charge in [-0.3, -0.25) is 4.79 Å². The second-order valence-electron chi connectivity index (χ2n) is 6.61. The second-order valence-corrected chi connectivity index (χ2v) is 6.61. The van der Waals surface area contributed by atoms with E-state index in [-0.39, 0.29) is 17.8 Å². The van der Waals surface area contributed by atoms with Crippen molar-refractivity contribution in [3.8, 4) is 0 Å². The van der Waals surface area contributed by atoms with Crippen LogP contribution in [-0.4, -0.2) is 25.0 Å². The Kier molecular flexibility index (Phi) is 5.08. The summed E-state index contributed by atoms with van der Waals surface area (Å²) >= 11 is 0. The maximum atomic E-state index is 13.9. The number of carbonyl (C=O) groups is 1. The highest BCUT2D eigenvalue weighted by Crippen LogP contribution is 2.27. The summed E-state index contributed by atoms with van der Waals surface area (Å²) in [5, 5.41) is 6.39. The molecule has 0 atom stereocenters. The third-order valence-corrected chi connectivity index (χ3v) is 4.93. The number of hydrogen-bond acceptors (Lipinski definition) is 2. The highest BCUT2D eigenvalue weighted by Gasteiger charge is 2.20. The van der Waals surface area contributed by atoms with Crippen molar-refractivity contribution in [3.05, 3.63) is 35.1 Å². The van der Waals surface area contributed by atoms with Gasteiger partial charge < -0.3 is 10.6 Å². The topological polar surface area (TPSA) is 41.1 Å². The van der Waals surface area contributed by atoms with Gasteiger partial charge in [-0.15, -0.1) is 0 Å². The van der Waals surface area contributed by atoms with E-state index in [2.05, 4.69) is 10.6 Å². The quantitative estimate of drug-likeness (QED) is 0.899. The lowest BCUT2D eigenvalue weighted by Crippen LogP contribution is -2.36. The number of halogens is 1. The maximum Gasteiger partial charge on any atom is 0.251 e. The normalized spacial score (nSPS) is 20.8. The van der Waals surface area contributed by atoms with Crippen LogP contribution in [0.2, 0.25) is 0 Å². The average Bonchev–Trinajstić information content (AvgIpc) is 2.56. The zero-order chi connectivity index (χ0) is 15.4. The van der Waals surface area contributed by atoms with Crippen LogP contribution in [0.1, 0.15) is 66.8 Å². The molecular formula is C18H25FN2O. The molecule has 1 aromatic carbocycles. The Bertz CT molecular complexity index is 520. The van der Waals surface area contributed by atoms with E-state index in [1.54, 1.807) is 6.07 Å². The van der Waals surface area contributed by atoms with Crippen LogP contribution in [-0.2, 0) is 0 Å². The summed E-state index contributed by atoms with van der Waals surface area (Å²) in [4.78, 5) is 12.4. The van der Waals surface area contributed by atoms with E-state index in [4.69, 9.17) is 0 Å². The number of piperidine rings is 1. The minimum Gasteiger partial charge on any atom is -0.349 e. The van der Waals surface area contributed by atoms with Crippen LogP contribution >= 0.6 is 0 Å². The number of benzene rings is 1. The van der Waals surface area contributed by atoms with E-state index in [0.717, 1.165) is 44.3 Å². The Morgan fingerprint density at radius 1 is 1.05 bits per heavy atom. The van der Waals surface area contributed by atoms with Gasteiger partial charge in [0.15, 0.2) is 0 Å². The first-order valence-corrected chi connectivity index (χ1v) is 8.54. The lowest BCUT2D eigenvalue weighted by atomic mass is 9.89. The van der Waals surface area contributed by atoms with Crippen LogP contribution in [0.3, 0.4) is 0 Å². The molecule has 0 unspecified atom stereocenters. The Morgan fingerprint density at radius 3 is 2.50 bits per heavy atom. The third-order valence-electron chi connectivity index (χ3n) is 4.93. The molecule has 3 rings (SSSR count). The molecule has 3 nitrogen and oxygen atoms in total. The minimum atomic E-state index is -0.301. The third kappa shape index (κ3) is 3.86. The van der Waals surface area contributed by atoms with E-state index >= 15 is 0 Å². The zero-order valence-electron chi connectivity index (χ0n) is 13.0. The summed E-state index contributed by atoms with van der Waals surface area (Å²) in [5.74, 6) is -0.0652. The molecule has 1 saturated carbocycles. The van der Waals surface area contributed by atoms with E-state index in [0.29, 0.717) is 11.5 Å². The van der Waals surface area contributed by atoms with Gasteiger partial charge in [0.2, 0.25) is 0 Å². The summed E-state index contributed by atoms with van der Waals surface area (Å²) in [6.45, 7) is 1.93. The standard InChI is InChI=1S/C18H25FN2O/c19-16-11-14(13-6-8-20-9-7-13)10-15(12-16)18(22)21-17-4-2-1-3-5-17/h10-13,17,20H,1-9H2,(H,21,22).